The van der Waals surface area contributed by atoms with Gasteiger partial charge in [0.1, 0.15) is 0 Å². The number of hydrogen-bond acceptors (Lipinski definition) is 3. The Kier molecular flexibility index (Phi) is 5.79. The molecule has 6 heteroatoms. The van der Waals surface area contributed by atoms with E-state index >= 15 is 0 Å². The Bertz CT molecular complexity index is 704. The number of rotatable bonds is 4. The SMILES string of the molecule is COC(=O)c1cc(I)c(Cl)cc1NC(=O)Cc1ccccc1. The Morgan fingerprint density at radius 3 is 2.55 bits per heavy atom. The van der Waals surface area contributed by atoms with Crippen molar-refractivity contribution in [3.63, 3.8) is 0 Å². The first-order chi connectivity index (χ1) is 10.5. The molecule has 0 aliphatic rings. The number of carbonyl (C=O) groups excluding carboxylic acids is 2. The number of ether oxygens (including phenoxy) is 1. The second-order valence-electron chi connectivity index (χ2n) is 4.51. The Morgan fingerprint density at radius 2 is 1.91 bits per heavy atom. The van der Waals surface area contributed by atoms with E-state index in [0.29, 0.717) is 14.3 Å². The first-order valence-electron chi connectivity index (χ1n) is 6.42. The molecule has 0 aliphatic heterocycles. The van der Waals surface area contributed by atoms with Gasteiger partial charge in [-0.2, -0.15) is 0 Å². The topological polar surface area (TPSA) is 55.4 Å². The van der Waals surface area contributed by atoms with E-state index in [2.05, 4.69) is 5.32 Å². The number of nitrogens with one attached hydrogen (secondary N) is 1. The number of amides is 1. The van der Waals surface area contributed by atoms with E-state index < -0.39 is 5.97 Å². The van der Waals surface area contributed by atoms with Crippen molar-refractivity contribution in [1.82, 2.24) is 0 Å². The minimum atomic E-state index is -0.524. The van der Waals surface area contributed by atoms with E-state index in [0.717, 1.165) is 5.56 Å². The molecule has 0 atom stereocenters. The average molecular weight is 430 g/mol. The summed E-state index contributed by atoms with van der Waals surface area (Å²) in [6, 6.07) is 12.5. The molecule has 2 rings (SSSR count). The molecule has 0 bridgehead atoms. The van der Waals surface area contributed by atoms with E-state index in [9.17, 15) is 9.59 Å². The average Bonchev–Trinajstić information content (AvgIpc) is 2.50. The Balaban J connectivity index is 2.23. The predicted octanol–water partition coefficient (Wildman–Crippen LogP) is 3.91. The first kappa shape index (κ1) is 16.8. The van der Waals surface area contributed by atoms with Crippen LogP contribution >= 0.6 is 34.2 Å². The zero-order valence-electron chi connectivity index (χ0n) is 11.7. The molecule has 0 heterocycles. The van der Waals surface area contributed by atoms with E-state index in [1.807, 2.05) is 52.9 Å². The lowest BCUT2D eigenvalue weighted by Gasteiger charge is -2.11. The van der Waals surface area contributed by atoms with Gasteiger partial charge in [-0.3, -0.25) is 4.79 Å². The van der Waals surface area contributed by atoms with Crippen LogP contribution in [0, 0.1) is 3.57 Å². The van der Waals surface area contributed by atoms with Gasteiger partial charge in [-0.25, -0.2) is 4.79 Å². The van der Waals surface area contributed by atoms with E-state index in [1.165, 1.54) is 7.11 Å². The molecule has 2 aromatic rings. The fourth-order valence-electron chi connectivity index (χ4n) is 1.90. The van der Waals surface area contributed by atoms with E-state index in [1.54, 1.807) is 12.1 Å². The number of anilines is 1. The summed E-state index contributed by atoms with van der Waals surface area (Å²) in [5, 5.41) is 3.18. The summed E-state index contributed by atoms with van der Waals surface area (Å²) in [6.45, 7) is 0. The van der Waals surface area contributed by atoms with Crippen molar-refractivity contribution in [3.05, 3.63) is 62.2 Å². The van der Waals surface area contributed by atoms with Crippen LogP contribution in [0.1, 0.15) is 15.9 Å². The molecule has 1 amide bonds. The molecule has 0 radical (unpaired) electrons. The van der Waals surface area contributed by atoms with Crippen molar-refractivity contribution in [2.45, 2.75) is 6.42 Å². The maximum Gasteiger partial charge on any atom is 0.340 e. The third kappa shape index (κ3) is 4.20. The van der Waals surface area contributed by atoms with Crippen LogP contribution in [-0.4, -0.2) is 19.0 Å². The molecule has 2 aromatic carbocycles. The van der Waals surface area contributed by atoms with E-state index in [-0.39, 0.29) is 17.9 Å². The van der Waals surface area contributed by atoms with Crippen molar-refractivity contribution in [1.29, 1.82) is 0 Å². The van der Waals surface area contributed by atoms with Gasteiger partial charge >= 0.3 is 5.97 Å². The van der Waals surface area contributed by atoms with Gasteiger partial charge in [0, 0.05) is 3.57 Å². The Hall–Kier alpha value is -1.60. The number of esters is 1. The zero-order valence-corrected chi connectivity index (χ0v) is 14.6. The predicted molar refractivity (Wildman–Crippen MR) is 94.3 cm³/mol. The van der Waals surface area contributed by atoms with Crippen molar-refractivity contribution < 1.29 is 14.3 Å². The standard InChI is InChI=1S/C16H13ClINO3/c1-22-16(21)11-8-13(18)12(17)9-14(11)19-15(20)7-10-5-3-2-4-6-10/h2-6,8-9H,7H2,1H3,(H,19,20). The zero-order chi connectivity index (χ0) is 16.1. The summed E-state index contributed by atoms with van der Waals surface area (Å²) >= 11 is 8.08. The molecule has 114 valence electrons. The quantitative estimate of drug-likeness (QED) is 0.592. The van der Waals surface area contributed by atoms with Crippen molar-refractivity contribution >= 4 is 51.8 Å². The van der Waals surface area contributed by atoms with Crippen LogP contribution in [0.25, 0.3) is 0 Å². The summed E-state index contributed by atoms with van der Waals surface area (Å²) in [4.78, 5) is 24.0. The number of carbonyl (C=O) groups is 2. The van der Waals surface area contributed by atoms with Crippen molar-refractivity contribution in [3.8, 4) is 0 Å². The normalized spacial score (nSPS) is 10.1. The van der Waals surface area contributed by atoms with Crippen LogP contribution in [0.2, 0.25) is 5.02 Å². The molecule has 0 fully saturated rings. The molecule has 0 aromatic heterocycles. The van der Waals surface area contributed by atoms with Crippen LogP contribution in [0.4, 0.5) is 5.69 Å². The minimum Gasteiger partial charge on any atom is -0.465 e. The van der Waals surface area contributed by atoms with Gasteiger partial charge < -0.3 is 10.1 Å². The second-order valence-corrected chi connectivity index (χ2v) is 6.08. The van der Waals surface area contributed by atoms with Crippen LogP contribution < -0.4 is 5.32 Å². The molecule has 0 spiro atoms. The highest BCUT2D eigenvalue weighted by Gasteiger charge is 2.16. The number of benzene rings is 2. The first-order valence-corrected chi connectivity index (χ1v) is 7.88. The number of halogens is 2. The monoisotopic (exact) mass is 429 g/mol. The summed E-state index contributed by atoms with van der Waals surface area (Å²) < 4.78 is 5.44. The second kappa shape index (κ2) is 7.60. The highest BCUT2D eigenvalue weighted by atomic mass is 127. The molecule has 0 unspecified atom stereocenters. The Morgan fingerprint density at radius 1 is 1.23 bits per heavy atom. The number of hydrogen-bond donors (Lipinski definition) is 1. The molecule has 0 saturated heterocycles. The molecular weight excluding hydrogens is 417 g/mol. The molecule has 1 N–H and O–H groups in total. The summed E-state index contributed by atoms with van der Waals surface area (Å²) in [6.07, 6.45) is 0.213. The molecule has 0 saturated carbocycles. The number of methoxy groups -OCH3 is 1. The highest BCUT2D eigenvalue weighted by Crippen LogP contribution is 2.27. The Labute approximate surface area is 146 Å². The van der Waals surface area contributed by atoms with Crippen LogP contribution in [0.5, 0.6) is 0 Å². The van der Waals surface area contributed by atoms with Gasteiger partial charge in [-0.1, -0.05) is 41.9 Å². The fraction of sp³-hybridized carbons (Fsp3) is 0.125. The van der Waals surface area contributed by atoms with Gasteiger partial charge in [-0.05, 0) is 40.3 Å². The lowest BCUT2D eigenvalue weighted by atomic mass is 10.1. The van der Waals surface area contributed by atoms with E-state index in [4.69, 9.17) is 16.3 Å². The van der Waals surface area contributed by atoms with Crippen LogP contribution in [0.15, 0.2) is 42.5 Å². The maximum absolute atomic E-state index is 12.1. The third-order valence-corrected chi connectivity index (χ3v) is 4.47. The smallest absolute Gasteiger partial charge is 0.340 e. The van der Waals surface area contributed by atoms with Crippen molar-refractivity contribution in [2.75, 3.05) is 12.4 Å². The van der Waals surface area contributed by atoms with Crippen LogP contribution in [-0.2, 0) is 16.0 Å². The van der Waals surface area contributed by atoms with Crippen molar-refractivity contribution in [2.24, 2.45) is 0 Å². The third-order valence-electron chi connectivity index (χ3n) is 2.95. The molecule has 0 aliphatic carbocycles. The lowest BCUT2D eigenvalue weighted by molar-refractivity contribution is -0.115. The van der Waals surface area contributed by atoms with Gasteiger partial charge in [0.15, 0.2) is 0 Å². The summed E-state index contributed by atoms with van der Waals surface area (Å²) in [7, 11) is 1.29. The summed E-state index contributed by atoms with van der Waals surface area (Å²) in [5.41, 5.74) is 1.51. The van der Waals surface area contributed by atoms with Gasteiger partial charge in [0.2, 0.25) is 5.91 Å². The minimum absolute atomic E-state index is 0.213. The van der Waals surface area contributed by atoms with Gasteiger partial charge in [0.05, 0.1) is 29.8 Å². The molecular formula is C16H13ClINO3. The summed E-state index contributed by atoms with van der Waals surface area (Å²) in [5.74, 6) is -0.752. The van der Waals surface area contributed by atoms with Gasteiger partial charge in [-0.15, -0.1) is 0 Å². The highest BCUT2D eigenvalue weighted by molar-refractivity contribution is 14.1. The largest absolute Gasteiger partial charge is 0.465 e. The fourth-order valence-corrected chi connectivity index (χ4v) is 2.54. The lowest BCUT2D eigenvalue weighted by Crippen LogP contribution is -2.17. The molecule has 4 nitrogen and oxygen atoms in total. The molecule has 22 heavy (non-hydrogen) atoms. The maximum atomic E-state index is 12.1. The van der Waals surface area contributed by atoms with Gasteiger partial charge in [0.25, 0.3) is 0 Å². The van der Waals surface area contributed by atoms with Crippen LogP contribution in [0.3, 0.4) is 0 Å².